The SMILES string of the molecule is CCCCn1nc(C(=O)Nc2cc(C(F)(F)F)ccc2NC(=O)OC(C)(C)C)ccc1=O. The average Bonchev–Trinajstić information content (AvgIpc) is 2.66. The van der Waals surface area contributed by atoms with Crippen LogP contribution in [0.5, 0.6) is 0 Å². The summed E-state index contributed by atoms with van der Waals surface area (Å²) in [5.74, 6) is -0.846. The molecular formula is C21H25F3N4O4. The van der Waals surface area contributed by atoms with Crippen LogP contribution in [0, 0.1) is 0 Å². The fourth-order valence-electron chi connectivity index (χ4n) is 2.57. The van der Waals surface area contributed by atoms with Gasteiger partial charge in [-0.05, 0) is 51.5 Å². The number of hydrogen-bond acceptors (Lipinski definition) is 5. The molecule has 0 atom stereocenters. The van der Waals surface area contributed by atoms with Crippen molar-refractivity contribution in [1.82, 2.24) is 9.78 Å². The number of alkyl halides is 3. The maximum absolute atomic E-state index is 13.2. The first kappa shape index (κ1) is 24.9. The third kappa shape index (κ3) is 7.10. The standard InChI is InChI=1S/C21H25F3N4O4/c1-5-6-11-28-17(29)10-9-15(27-28)18(30)25-16-12-13(21(22,23)24)7-8-14(16)26-19(31)32-20(2,3)4/h7-10,12H,5-6,11H2,1-4H3,(H,25,30)(H,26,31). The van der Waals surface area contributed by atoms with E-state index < -0.39 is 34.9 Å². The number of halogens is 3. The zero-order chi connectivity index (χ0) is 24.1. The lowest BCUT2D eigenvalue weighted by Gasteiger charge is -2.21. The van der Waals surface area contributed by atoms with Crippen molar-refractivity contribution in [2.45, 2.75) is 58.9 Å². The number of aryl methyl sites for hydroxylation is 1. The number of benzene rings is 1. The van der Waals surface area contributed by atoms with Crippen LogP contribution >= 0.6 is 0 Å². The molecule has 1 heterocycles. The van der Waals surface area contributed by atoms with E-state index in [0.717, 1.165) is 29.3 Å². The molecule has 1 aromatic heterocycles. The van der Waals surface area contributed by atoms with Gasteiger partial charge in [0.05, 0.1) is 16.9 Å². The fraction of sp³-hybridized carbons (Fsp3) is 0.429. The molecule has 1 aromatic carbocycles. The van der Waals surface area contributed by atoms with Gasteiger partial charge in [0.1, 0.15) is 11.3 Å². The molecule has 0 saturated carbocycles. The molecule has 0 aliphatic heterocycles. The van der Waals surface area contributed by atoms with Crippen LogP contribution in [0.1, 0.15) is 56.6 Å². The number of amides is 2. The number of aromatic nitrogens is 2. The summed E-state index contributed by atoms with van der Waals surface area (Å²) >= 11 is 0. The van der Waals surface area contributed by atoms with Crippen LogP contribution in [0.15, 0.2) is 35.1 Å². The van der Waals surface area contributed by atoms with E-state index in [9.17, 15) is 27.6 Å². The molecule has 0 aliphatic carbocycles. The molecule has 0 radical (unpaired) electrons. The number of nitrogens with zero attached hydrogens (tertiary/aromatic N) is 2. The largest absolute Gasteiger partial charge is 0.444 e. The topological polar surface area (TPSA) is 102 Å². The quantitative estimate of drug-likeness (QED) is 0.661. The summed E-state index contributed by atoms with van der Waals surface area (Å²) < 4.78 is 45.8. The number of anilines is 2. The van der Waals surface area contributed by atoms with E-state index in [4.69, 9.17) is 4.74 Å². The highest BCUT2D eigenvalue weighted by Gasteiger charge is 2.31. The number of nitrogens with one attached hydrogen (secondary N) is 2. The minimum Gasteiger partial charge on any atom is -0.444 e. The fourth-order valence-corrected chi connectivity index (χ4v) is 2.57. The van der Waals surface area contributed by atoms with Crippen LogP contribution in [0.3, 0.4) is 0 Å². The van der Waals surface area contributed by atoms with Gasteiger partial charge in [-0.3, -0.25) is 14.9 Å². The summed E-state index contributed by atoms with van der Waals surface area (Å²) in [6, 6.07) is 4.81. The summed E-state index contributed by atoms with van der Waals surface area (Å²) in [5.41, 5.74) is -2.83. The Bertz CT molecular complexity index is 1040. The first-order valence-corrected chi connectivity index (χ1v) is 9.91. The van der Waals surface area contributed by atoms with E-state index >= 15 is 0 Å². The highest BCUT2D eigenvalue weighted by Crippen LogP contribution is 2.34. The van der Waals surface area contributed by atoms with Gasteiger partial charge in [-0.2, -0.15) is 18.3 Å². The Morgan fingerprint density at radius 2 is 1.75 bits per heavy atom. The molecule has 0 bridgehead atoms. The first-order chi connectivity index (χ1) is 14.8. The summed E-state index contributed by atoms with van der Waals surface area (Å²) in [5, 5.41) is 8.63. The summed E-state index contributed by atoms with van der Waals surface area (Å²) in [4.78, 5) is 36.6. The van der Waals surface area contributed by atoms with Crippen LogP contribution < -0.4 is 16.2 Å². The lowest BCUT2D eigenvalue weighted by molar-refractivity contribution is -0.137. The van der Waals surface area contributed by atoms with Gasteiger partial charge in [-0.25, -0.2) is 9.48 Å². The van der Waals surface area contributed by atoms with Crippen molar-refractivity contribution in [3.8, 4) is 0 Å². The summed E-state index contributed by atoms with van der Waals surface area (Å²) in [6.07, 6.45) is -4.11. The van der Waals surface area contributed by atoms with E-state index in [1.54, 1.807) is 20.8 Å². The Kier molecular flexibility index (Phi) is 7.65. The summed E-state index contributed by atoms with van der Waals surface area (Å²) in [6.45, 7) is 7.10. The van der Waals surface area contributed by atoms with Crippen molar-refractivity contribution in [2.75, 3.05) is 10.6 Å². The highest BCUT2D eigenvalue weighted by molar-refractivity contribution is 6.05. The predicted octanol–water partition coefficient (Wildman–Crippen LogP) is 4.66. The molecule has 0 unspecified atom stereocenters. The minimum absolute atomic E-state index is 0.0973. The van der Waals surface area contributed by atoms with Gasteiger partial charge in [0.2, 0.25) is 0 Å². The zero-order valence-electron chi connectivity index (χ0n) is 18.2. The predicted molar refractivity (Wildman–Crippen MR) is 113 cm³/mol. The lowest BCUT2D eigenvalue weighted by Crippen LogP contribution is -2.28. The van der Waals surface area contributed by atoms with Crippen molar-refractivity contribution in [2.24, 2.45) is 0 Å². The molecule has 2 N–H and O–H groups in total. The van der Waals surface area contributed by atoms with Gasteiger partial charge in [-0.15, -0.1) is 0 Å². The van der Waals surface area contributed by atoms with Gasteiger partial charge in [0.25, 0.3) is 11.5 Å². The third-order valence-electron chi connectivity index (χ3n) is 4.05. The number of carbonyl (C=O) groups excluding carboxylic acids is 2. The van der Waals surface area contributed by atoms with Gasteiger partial charge >= 0.3 is 12.3 Å². The van der Waals surface area contributed by atoms with Crippen molar-refractivity contribution >= 4 is 23.4 Å². The third-order valence-corrected chi connectivity index (χ3v) is 4.05. The molecule has 2 amide bonds. The Labute approximate surface area is 182 Å². The second-order valence-corrected chi connectivity index (χ2v) is 7.97. The van der Waals surface area contributed by atoms with Crippen LogP contribution in [-0.2, 0) is 17.5 Å². The highest BCUT2D eigenvalue weighted by atomic mass is 19.4. The number of unbranched alkanes of at least 4 members (excludes halogenated alkanes) is 1. The minimum atomic E-state index is -4.67. The van der Waals surface area contributed by atoms with Gasteiger partial charge in [-0.1, -0.05) is 13.3 Å². The molecule has 0 spiro atoms. The van der Waals surface area contributed by atoms with Crippen LogP contribution in [0.25, 0.3) is 0 Å². The molecule has 0 aliphatic rings. The second kappa shape index (κ2) is 9.84. The first-order valence-electron chi connectivity index (χ1n) is 9.91. The van der Waals surface area contributed by atoms with E-state index in [1.807, 2.05) is 6.92 Å². The van der Waals surface area contributed by atoms with Crippen LogP contribution in [0.2, 0.25) is 0 Å². The molecule has 11 heteroatoms. The number of ether oxygens (including phenoxy) is 1. The Hall–Kier alpha value is -3.37. The van der Waals surface area contributed by atoms with Crippen molar-refractivity contribution in [3.63, 3.8) is 0 Å². The number of hydrogen-bond donors (Lipinski definition) is 2. The molecule has 8 nitrogen and oxygen atoms in total. The molecule has 2 aromatic rings. The van der Waals surface area contributed by atoms with Gasteiger partial charge in [0, 0.05) is 12.6 Å². The maximum atomic E-state index is 13.2. The Balaban J connectivity index is 2.36. The van der Waals surface area contributed by atoms with Gasteiger partial charge in [0.15, 0.2) is 0 Å². The Morgan fingerprint density at radius 1 is 1.06 bits per heavy atom. The smallest absolute Gasteiger partial charge is 0.416 e. The maximum Gasteiger partial charge on any atom is 0.416 e. The number of rotatable bonds is 6. The molecule has 174 valence electrons. The number of carbonyl (C=O) groups is 2. The average molecular weight is 454 g/mol. The van der Waals surface area contributed by atoms with Crippen molar-refractivity contribution in [3.05, 3.63) is 51.9 Å². The van der Waals surface area contributed by atoms with Crippen LogP contribution in [-0.4, -0.2) is 27.4 Å². The molecular weight excluding hydrogens is 429 g/mol. The molecule has 32 heavy (non-hydrogen) atoms. The molecule has 0 fully saturated rings. The van der Waals surface area contributed by atoms with E-state index in [0.29, 0.717) is 19.0 Å². The van der Waals surface area contributed by atoms with E-state index in [1.165, 1.54) is 6.07 Å². The van der Waals surface area contributed by atoms with Crippen molar-refractivity contribution in [1.29, 1.82) is 0 Å². The van der Waals surface area contributed by atoms with E-state index in [-0.39, 0.29) is 17.1 Å². The normalized spacial score (nSPS) is 11.7. The molecule has 0 saturated heterocycles. The summed E-state index contributed by atoms with van der Waals surface area (Å²) in [7, 11) is 0. The van der Waals surface area contributed by atoms with E-state index in [2.05, 4.69) is 15.7 Å². The lowest BCUT2D eigenvalue weighted by atomic mass is 10.1. The molecule has 2 rings (SSSR count). The Morgan fingerprint density at radius 3 is 2.34 bits per heavy atom. The van der Waals surface area contributed by atoms with Crippen LogP contribution in [0.4, 0.5) is 29.3 Å². The van der Waals surface area contributed by atoms with Gasteiger partial charge < -0.3 is 10.1 Å². The second-order valence-electron chi connectivity index (χ2n) is 7.97. The van der Waals surface area contributed by atoms with Crippen molar-refractivity contribution < 1.29 is 27.5 Å². The monoisotopic (exact) mass is 454 g/mol. The zero-order valence-corrected chi connectivity index (χ0v) is 18.2.